The third-order valence-electron chi connectivity index (χ3n) is 4.84. The maximum atomic E-state index is 13.1. The van der Waals surface area contributed by atoms with Gasteiger partial charge in [0.05, 0.1) is 17.9 Å². The van der Waals surface area contributed by atoms with Gasteiger partial charge in [-0.25, -0.2) is 4.79 Å². The van der Waals surface area contributed by atoms with E-state index in [0.717, 1.165) is 28.2 Å². The van der Waals surface area contributed by atoms with Gasteiger partial charge in [-0.05, 0) is 41.6 Å². The monoisotopic (exact) mass is 381 g/mol. The van der Waals surface area contributed by atoms with Crippen molar-refractivity contribution in [1.29, 1.82) is 0 Å². The predicted molar refractivity (Wildman–Crippen MR) is 107 cm³/mol. The number of urea groups is 1. The zero-order valence-corrected chi connectivity index (χ0v) is 16.1. The number of ether oxygens (including phenoxy) is 1. The molecule has 1 aromatic carbocycles. The lowest BCUT2D eigenvalue weighted by molar-refractivity contribution is 0.175. The van der Waals surface area contributed by atoms with Crippen molar-refractivity contribution < 1.29 is 9.53 Å². The van der Waals surface area contributed by atoms with Gasteiger partial charge in [0.2, 0.25) is 0 Å². The van der Waals surface area contributed by atoms with Crippen LogP contribution in [0.1, 0.15) is 28.6 Å². The summed E-state index contributed by atoms with van der Waals surface area (Å²) in [6, 6.07) is 16.4. The molecular formula is C21H23N3O2S. The number of hydrogen-bond donors (Lipinski definition) is 1. The lowest BCUT2D eigenvalue weighted by atomic mass is 10.1. The van der Waals surface area contributed by atoms with Crippen LogP contribution >= 0.6 is 11.3 Å². The number of methoxy groups -OCH3 is 1. The number of nitrogens with zero attached hydrogens (tertiary/aromatic N) is 2. The Balaban J connectivity index is 1.73. The molecule has 6 heteroatoms. The fourth-order valence-corrected chi connectivity index (χ4v) is 4.45. The number of nitrogens with one attached hydrogen (secondary N) is 1. The van der Waals surface area contributed by atoms with Gasteiger partial charge >= 0.3 is 6.03 Å². The minimum atomic E-state index is -0.116. The molecule has 0 aliphatic carbocycles. The first-order valence-electron chi connectivity index (χ1n) is 9.12. The summed E-state index contributed by atoms with van der Waals surface area (Å²) in [5.41, 5.74) is 3.38. The zero-order chi connectivity index (χ0) is 18.6. The molecular weight excluding hydrogens is 358 g/mol. The summed E-state index contributed by atoms with van der Waals surface area (Å²) in [6.45, 7) is 1.81. The molecule has 4 rings (SSSR count). The minimum Gasteiger partial charge on any atom is -0.385 e. The molecule has 0 saturated carbocycles. The molecule has 5 nitrogen and oxygen atoms in total. The van der Waals surface area contributed by atoms with E-state index in [9.17, 15) is 4.79 Å². The van der Waals surface area contributed by atoms with E-state index in [1.165, 1.54) is 0 Å². The number of carbonyl (C=O) groups excluding carboxylic acids is 1. The van der Waals surface area contributed by atoms with Crippen LogP contribution in [0.4, 0.5) is 4.79 Å². The van der Waals surface area contributed by atoms with Gasteiger partial charge in [0.15, 0.2) is 0 Å². The van der Waals surface area contributed by atoms with Crippen molar-refractivity contribution in [3.05, 3.63) is 76.2 Å². The van der Waals surface area contributed by atoms with Crippen molar-refractivity contribution in [2.75, 3.05) is 20.3 Å². The van der Waals surface area contributed by atoms with Crippen LogP contribution in [0.3, 0.4) is 0 Å². The molecule has 1 N–H and O–H groups in total. The van der Waals surface area contributed by atoms with E-state index in [4.69, 9.17) is 4.74 Å². The topological polar surface area (TPSA) is 46.5 Å². The summed E-state index contributed by atoms with van der Waals surface area (Å²) in [7, 11) is 1.68. The van der Waals surface area contributed by atoms with Gasteiger partial charge < -0.3 is 19.5 Å². The van der Waals surface area contributed by atoms with E-state index in [1.807, 2.05) is 29.2 Å². The van der Waals surface area contributed by atoms with Gasteiger partial charge in [0.25, 0.3) is 0 Å². The Morgan fingerprint density at radius 2 is 2.11 bits per heavy atom. The summed E-state index contributed by atoms with van der Waals surface area (Å²) in [4.78, 5) is 16.2. The van der Waals surface area contributed by atoms with Gasteiger partial charge in [0, 0.05) is 31.3 Å². The number of para-hydroxylation sites is 1. The van der Waals surface area contributed by atoms with Gasteiger partial charge in [-0.15, -0.1) is 11.3 Å². The highest BCUT2D eigenvalue weighted by molar-refractivity contribution is 7.10. The van der Waals surface area contributed by atoms with Gasteiger partial charge in [0.1, 0.15) is 6.04 Å². The highest BCUT2D eigenvalue weighted by Gasteiger charge is 2.33. The molecule has 0 spiro atoms. The van der Waals surface area contributed by atoms with Gasteiger partial charge in [-0.1, -0.05) is 24.3 Å². The lowest BCUT2D eigenvalue weighted by Crippen LogP contribution is -2.42. The number of benzene rings is 1. The Hall–Kier alpha value is -2.57. The highest BCUT2D eigenvalue weighted by atomic mass is 32.1. The molecule has 3 aromatic rings. The molecule has 140 valence electrons. The quantitative estimate of drug-likeness (QED) is 0.674. The minimum absolute atomic E-state index is 0.0473. The third kappa shape index (κ3) is 3.50. The molecule has 0 radical (unpaired) electrons. The van der Waals surface area contributed by atoms with Crippen LogP contribution in [0.2, 0.25) is 0 Å². The second-order valence-electron chi connectivity index (χ2n) is 6.56. The molecule has 2 aromatic heterocycles. The summed E-state index contributed by atoms with van der Waals surface area (Å²) >= 11 is 1.68. The first kappa shape index (κ1) is 17.8. The van der Waals surface area contributed by atoms with Crippen LogP contribution in [-0.2, 0) is 11.3 Å². The first-order chi connectivity index (χ1) is 13.3. The number of carbonyl (C=O) groups is 1. The van der Waals surface area contributed by atoms with Crippen molar-refractivity contribution in [1.82, 2.24) is 14.8 Å². The van der Waals surface area contributed by atoms with E-state index in [2.05, 4.69) is 45.7 Å². The average molecular weight is 382 g/mol. The van der Waals surface area contributed by atoms with Crippen LogP contribution in [-0.4, -0.2) is 35.8 Å². The molecule has 1 aliphatic heterocycles. The van der Waals surface area contributed by atoms with Gasteiger partial charge in [-0.2, -0.15) is 0 Å². The van der Waals surface area contributed by atoms with Crippen molar-refractivity contribution >= 4 is 17.4 Å². The highest BCUT2D eigenvalue weighted by Crippen LogP contribution is 2.38. The van der Waals surface area contributed by atoms with E-state index >= 15 is 0 Å². The third-order valence-corrected chi connectivity index (χ3v) is 5.76. The normalized spacial score (nSPS) is 15.7. The number of hydrogen-bond acceptors (Lipinski definition) is 3. The number of thiophene rings is 1. The van der Waals surface area contributed by atoms with Crippen molar-refractivity contribution in [2.45, 2.75) is 19.0 Å². The van der Waals surface area contributed by atoms with Crippen LogP contribution in [0.15, 0.2) is 60.1 Å². The average Bonchev–Trinajstić information content (AvgIpc) is 3.36. The standard InChI is InChI=1S/C21H23N3O2S/c1-26-13-6-11-22-21(25)24-15-16-7-2-3-8-17(16)23-12-4-9-18(23)20(24)19-10-5-14-27-19/h2-5,7-10,12,14,20H,6,11,13,15H2,1H3,(H,22,25)/t20-/m0/s1. The molecule has 0 unspecified atom stereocenters. The zero-order valence-electron chi connectivity index (χ0n) is 15.3. The van der Waals surface area contributed by atoms with Crippen molar-refractivity contribution in [3.8, 4) is 5.69 Å². The fraction of sp³-hybridized carbons (Fsp3) is 0.286. The Bertz CT molecular complexity index is 904. The molecule has 0 saturated heterocycles. The van der Waals surface area contributed by atoms with E-state index < -0.39 is 0 Å². The van der Waals surface area contributed by atoms with Crippen LogP contribution in [0.5, 0.6) is 0 Å². The number of fused-ring (bicyclic) bond motifs is 3. The van der Waals surface area contributed by atoms with E-state index in [0.29, 0.717) is 19.7 Å². The molecule has 1 aliphatic rings. The maximum Gasteiger partial charge on any atom is 0.318 e. The van der Waals surface area contributed by atoms with Gasteiger partial charge in [-0.3, -0.25) is 0 Å². The molecule has 0 bridgehead atoms. The van der Waals surface area contributed by atoms with Crippen molar-refractivity contribution in [3.63, 3.8) is 0 Å². The fourth-order valence-electron chi connectivity index (χ4n) is 3.60. The molecule has 1 atom stereocenters. The Kier molecular flexibility index (Phi) is 5.27. The molecule has 0 fully saturated rings. The Labute approximate surface area is 163 Å². The summed E-state index contributed by atoms with van der Waals surface area (Å²) < 4.78 is 7.29. The van der Waals surface area contributed by atoms with Crippen molar-refractivity contribution in [2.24, 2.45) is 0 Å². The van der Waals surface area contributed by atoms with Crippen LogP contribution < -0.4 is 5.32 Å². The summed E-state index contributed by atoms with van der Waals surface area (Å²) in [5, 5.41) is 5.13. The van der Waals surface area contributed by atoms with Crippen LogP contribution in [0.25, 0.3) is 5.69 Å². The van der Waals surface area contributed by atoms with E-state index in [1.54, 1.807) is 18.4 Å². The molecule has 3 heterocycles. The van der Waals surface area contributed by atoms with Crippen LogP contribution in [0, 0.1) is 0 Å². The lowest BCUT2D eigenvalue weighted by Gasteiger charge is -2.30. The SMILES string of the molecule is COCCCNC(=O)N1Cc2ccccc2-n2cccc2[C@H]1c1cccs1. The Morgan fingerprint density at radius 3 is 2.93 bits per heavy atom. The first-order valence-corrected chi connectivity index (χ1v) is 10.00. The second-order valence-corrected chi connectivity index (χ2v) is 7.54. The maximum absolute atomic E-state index is 13.1. The predicted octanol–water partition coefficient (Wildman–Crippen LogP) is 4.19. The second kappa shape index (κ2) is 7.98. The smallest absolute Gasteiger partial charge is 0.318 e. The number of amides is 2. The summed E-state index contributed by atoms with van der Waals surface area (Å²) in [5.74, 6) is 0. The largest absolute Gasteiger partial charge is 0.385 e. The van der Waals surface area contributed by atoms with E-state index in [-0.39, 0.29) is 12.1 Å². The summed E-state index contributed by atoms with van der Waals surface area (Å²) in [6.07, 6.45) is 2.88. The Morgan fingerprint density at radius 1 is 1.22 bits per heavy atom. The molecule has 2 amide bonds. The number of rotatable bonds is 5. The number of aromatic nitrogens is 1. The molecule has 27 heavy (non-hydrogen) atoms.